The Hall–Kier alpha value is -7.60. The van der Waals surface area contributed by atoms with E-state index >= 15 is 0 Å². The first kappa shape index (κ1) is 60.7. The minimum atomic E-state index is -0.903. The normalized spacial score (nSPS) is 23.4. The van der Waals surface area contributed by atoms with Crippen molar-refractivity contribution in [3.63, 3.8) is 0 Å². The van der Waals surface area contributed by atoms with Gasteiger partial charge in [0.2, 0.25) is 17.7 Å². The smallest absolute Gasteiger partial charge is 0.241 e. The predicted molar refractivity (Wildman–Crippen MR) is 328 cm³/mol. The summed E-state index contributed by atoms with van der Waals surface area (Å²) in [6.45, 7) is 13.6. The van der Waals surface area contributed by atoms with Crippen molar-refractivity contribution in [2.75, 3.05) is 26.2 Å². The van der Waals surface area contributed by atoms with Crippen molar-refractivity contribution >= 4 is 68.1 Å². The highest BCUT2D eigenvalue weighted by atomic mass is 32.2. The molecule has 23 heteroatoms. The predicted octanol–water partition coefficient (Wildman–Crippen LogP) is 13.0. The molecule has 1 aliphatic carbocycles. The zero-order valence-corrected chi connectivity index (χ0v) is 51.0. The number of allylic oxidation sites excluding steroid dienone is 1. The SMILES string of the molecule is C=C(C)N1CCC2(CC1)CC1(SC(c3cc(F)ccc3F)=NN1C(C)=O)c1ccccc1O2.CC(=O)N1N=C(c2cc(F)ccc2F)SC12CC1(CCNCC1)Oc1ccccc12.CC(=O)N1N=C(c2cc(F)ccc2F)SC12CCCc1cccnc12. The second-order valence-corrected chi connectivity index (χ2v) is 26.8. The van der Waals surface area contributed by atoms with Crippen LogP contribution in [0.15, 0.2) is 149 Å². The molecule has 2 saturated heterocycles. The molecule has 8 heterocycles. The largest absolute Gasteiger partial charge is 0.487 e. The van der Waals surface area contributed by atoms with E-state index in [2.05, 4.69) is 37.1 Å². The summed E-state index contributed by atoms with van der Waals surface area (Å²) in [4.78, 5) is 42.0. The zero-order chi connectivity index (χ0) is 61.9. The van der Waals surface area contributed by atoms with Gasteiger partial charge in [-0.2, -0.15) is 15.3 Å². The van der Waals surface area contributed by atoms with Gasteiger partial charge in [0.1, 0.15) is 82.5 Å². The third kappa shape index (κ3) is 11.0. The summed E-state index contributed by atoms with van der Waals surface area (Å²) in [6, 6.07) is 28.9. The fourth-order valence-electron chi connectivity index (χ4n) is 13.1. The first-order valence-corrected chi connectivity index (χ1v) is 31.4. The van der Waals surface area contributed by atoms with Crippen LogP contribution in [0.25, 0.3) is 0 Å². The summed E-state index contributed by atoms with van der Waals surface area (Å²) in [7, 11) is 0. The zero-order valence-electron chi connectivity index (χ0n) is 48.6. The maximum Gasteiger partial charge on any atom is 0.241 e. The average molecular weight is 1260 g/mol. The number of aromatic nitrogens is 1. The number of pyridine rings is 1. The Labute approximate surface area is 517 Å². The second-order valence-electron chi connectivity index (χ2n) is 23.0. The number of nitrogens with one attached hydrogen (secondary N) is 1. The highest BCUT2D eigenvalue weighted by molar-refractivity contribution is 8.16. The van der Waals surface area contributed by atoms with Crippen LogP contribution in [0.4, 0.5) is 26.3 Å². The molecule has 5 aromatic carbocycles. The number of hydrazone groups is 3. The number of carbonyl (C=O) groups excluding carboxylic acids is 3. The van der Waals surface area contributed by atoms with E-state index in [0.717, 1.165) is 147 Å². The number of piperidine rings is 2. The molecule has 8 aliphatic rings. The van der Waals surface area contributed by atoms with E-state index in [0.29, 0.717) is 40.8 Å². The molecule has 1 N–H and O–H groups in total. The third-order valence-electron chi connectivity index (χ3n) is 17.1. The number of nitrogens with zero attached hydrogens (tertiary/aromatic N) is 8. The lowest BCUT2D eigenvalue weighted by atomic mass is 9.79. The summed E-state index contributed by atoms with van der Waals surface area (Å²) in [5.41, 5.74) is 3.71. The van der Waals surface area contributed by atoms with Gasteiger partial charge in [0.15, 0.2) is 4.87 Å². The molecule has 14 nitrogen and oxygen atoms in total. The molecule has 0 bridgehead atoms. The van der Waals surface area contributed by atoms with E-state index in [4.69, 9.17) is 9.47 Å². The van der Waals surface area contributed by atoms with E-state index in [1.807, 2.05) is 67.6 Å². The first-order valence-electron chi connectivity index (χ1n) is 28.9. The van der Waals surface area contributed by atoms with Crippen LogP contribution in [0.5, 0.6) is 11.5 Å². The number of benzene rings is 5. The molecule has 456 valence electrons. The monoisotopic (exact) mass is 1260 g/mol. The molecule has 0 radical (unpaired) electrons. The number of halogens is 6. The summed E-state index contributed by atoms with van der Waals surface area (Å²) < 4.78 is 98.0. The summed E-state index contributed by atoms with van der Waals surface area (Å²) in [5, 5.41) is 21.9. The maximum absolute atomic E-state index is 14.7. The number of thioether (sulfide) groups is 3. The molecule has 3 unspecified atom stereocenters. The van der Waals surface area contributed by atoms with Gasteiger partial charge in [-0.05, 0) is 130 Å². The molecule has 5 spiro atoms. The van der Waals surface area contributed by atoms with Gasteiger partial charge in [0.05, 0.1) is 5.69 Å². The number of likely N-dealkylation sites (tertiary alicyclic amines) is 1. The van der Waals surface area contributed by atoms with Gasteiger partial charge in [0.25, 0.3) is 0 Å². The van der Waals surface area contributed by atoms with Crippen LogP contribution in [0, 0.1) is 34.9 Å². The van der Waals surface area contributed by atoms with Gasteiger partial charge in [-0.15, -0.1) is 0 Å². The Morgan fingerprint density at radius 1 is 0.534 bits per heavy atom. The number of rotatable bonds is 4. The molecule has 14 rings (SSSR count). The molecule has 6 aromatic rings. The lowest BCUT2D eigenvalue weighted by Crippen LogP contribution is -2.56. The molecule has 0 saturated carbocycles. The Kier molecular flexibility index (Phi) is 16.4. The van der Waals surface area contributed by atoms with Crippen LogP contribution in [-0.4, -0.2) is 95.1 Å². The van der Waals surface area contributed by atoms with Crippen molar-refractivity contribution in [1.29, 1.82) is 0 Å². The van der Waals surface area contributed by atoms with Crippen LogP contribution in [0.1, 0.15) is 118 Å². The van der Waals surface area contributed by atoms with Crippen LogP contribution >= 0.6 is 35.3 Å². The fraction of sp³-hybridized carbons (Fsp3) is 0.338. The van der Waals surface area contributed by atoms with Gasteiger partial charge in [0, 0.05) is 99.3 Å². The van der Waals surface area contributed by atoms with Crippen LogP contribution in [0.2, 0.25) is 0 Å². The first-order chi connectivity index (χ1) is 42.2. The van der Waals surface area contributed by atoms with E-state index < -0.39 is 60.7 Å². The highest BCUT2D eigenvalue weighted by Crippen LogP contribution is 2.61. The molecule has 3 amide bonds. The standard InChI is InChI=1S/C25H25F2N3O2S.C22H21F2N3O2S.C18H15F2N3OS/c1-16(2)29-12-10-24(11-13-29)15-25(20-6-4-5-7-22(20)32-24)30(17(3)31)28-23(33-25)19-14-18(26)8-9-21(19)27;1-14(28)27-22(30-20(26-27)16-12-15(23)6-7-18(16)24)13-21(8-10-25-11-9-21)29-19-5-3-2-4-17(19)22;1-11(24)23-18(8-2-4-12-5-3-9-21-16(12)18)25-17(22-23)14-10-13(19)6-7-15(14)20/h4-9,14H,1,10-13,15H2,2-3H3;2-7,12,25H,8-11,13H2,1H3;3,5-7,9-10H,2,4,8H2,1H3. The van der Waals surface area contributed by atoms with Gasteiger partial charge in [-0.1, -0.05) is 84.3 Å². The molecule has 3 atom stereocenters. The molecule has 1 aromatic heterocycles. The third-order valence-corrected chi connectivity index (χ3v) is 21.3. The van der Waals surface area contributed by atoms with Gasteiger partial charge in [-0.3, -0.25) is 19.4 Å². The summed E-state index contributed by atoms with van der Waals surface area (Å²) in [6.07, 6.45) is 8.19. The summed E-state index contributed by atoms with van der Waals surface area (Å²) in [5.74, 6) is -2.72. The number of fused-ring (bicyclic) bond motifs is 6. The Morgan fingerprint density at radius 3 is 1.40 bits per heavy atom. The molecule has 2 fully saturated rings. The minimum Gasteiger partial charge on any atom is -0.487 e. The topological polar surface area (TPSA) is 145 Å². The van der Waals surface area contributed by atoms with Crippen molar-refractivity contribution in [3.8, 4) is 11.5 Å². The van der Waals surface area contributed by atoms with Crippen LogP contribution < -0.4 is 14.8 Å². The Balaban J connectivity index is 0.000000130. The van der Waals surface area contributed by atoms with Crippen molar-refractivity contribution in [3.05, 3.63) is 208 Å². The number of para-hydroxylation sites is 2. The van der Waals surface area contributed by atoms with Gasteiger partial charge in [-0.25, -0.2) is 41.4 Å². The van der Waals surface area contributed by atoms with Gasteiger partial charge >= 0.3 is 0 Å². The molecular formula is C65H61F6N9O5S3. The number of hydrogen-bond donors (Lipinski definition) is 1. The van der Waals surface area contributed by atoms with Crippen molar-refractivity contribution < 1.29 is 50.2 Å². The number of amides is 3. The molecule has 7 aliphatic heterocycles. The summed E-state index contributed by atoms with van der Waals surface area (Å²) >= 11 is 3.88. The Morgan fingerprint density at radius 2 is 0.955 bits per heavy atom. The average Bonchev–Trinajstić information content (AvgIpc) is 1.45. The van der Waals surface area contributed by atoms with Crippen molar-refractivity contribution in [2.45, 2.75) is 111 Å². The maximum atomic E-state index is 14.7. The van der Waals surface area contributed by atoms with Crippen molar-refractivity contribution in [1.82, 2.24) is 30.2 Å². The van der Waals surface area contributed by atoms with E-state index in [-0.39, 0.29) is 39.5 Å². The lowest BCUT2D eigenvalue weighted by Gasteiger charge is -2.51. The molecule has 88 heavy (non-hydrogen) atoms. The van der Waals surface area contributed by atoms with E-state index in [1.165, 1.54) is 71.1 Å². The van der Waals surface area contributed by atoms with E-state index in [1.54, 1.807) is 6.20 Å². The second kappa shape index (κ2) is 23.7. The van der Waals surface area contributed by atoms with E-state index in [9.17, 15) is 40.7 Å². The minimum absolute atomic E-state index is 0.0539. The van der Waals surface area contributed by atoms with Crippen LogP contribution in [0.3, 0.4) is 0 Å². The fourth-order valence-corrected chi connectivity index (χ4v) is 17.7. The Bertz CT molecular complexity index is 3920. The van der Waals surface area contributed by atoms with Crippen LogP contribution in [-0.2, 0) is 35.4 Å². The quantitative estimate of drug-likeness (QED) is 0.168. The lowest BCUT2D eigenvalue weighted by molar-refractivity contribution is -0.136. The number of ether oxygens (including phenoxy) is 2. The number of carbonyl (C=O) groups is 3. The highest BCUT2D eigenvalue weighted by Gasteiger charge is 2.60. The molecular weight excluding hydrogens is 1200 g/mol. The number of aryl methyl sites for hydroxylation is 1. The van der Waals surface area contributed by atoms with Crippen molar-refractivity contribution in [2.24, 2.45) is 15.3 Å². The number of hydrogen-bond acceptors (Lipinski definition) is 14. The van der Waals surface area contributed by atoms with Gasteiger partial charge < -0.3 is 19.7 Å².